The Morgan fingerprint density at radius 3 is 2.61 bits per heavy atom. The number of hydrogen-bond acceptors (Lipinski definition) is 3. The zero-order valence-electron chi connectivity index (χ0n) is 15.3. The van der Waals surface area contributed by atoms with Gasteiger partial charge in [-0.25, -0.2) is 4.79 Å². The van der Waals surface area contributed by atoms with Gasteiger partial charge in [-0.05, 0) is 49.9 Å². The molecule has 1 aliphatic carbocycles. The molecule has 1 atom stereocenters. The van der Waals surface area contributed by atoms with E-state index in [9.17, 15) is 9.59 Å². The second-order valence-corrected chi connectivity index (χ2v) is 7.49. The molecule has 0 amide bonds. The number of carboxylic acids is 1. The van der Waals surface area contributed by atoms with Gasteiger partial charge in [-0.3, -0.25) is 9.89 Å². The van der Waals surface area contributed by atoms with Gasteiger partial charge in [0.05, 0.1) is 22.2 Å². The maximum atomic E-state index is 13.4. The molecule has 4 rings (SSSR count). The summed E-state index contributed by atoms with van der Waals surface area (Å²) in [5.74, 6) is -1.29. The third kappa shape index (κ3) is 3.12. The normalized spacial score (nSPS) is 15.9. The fourth-order valence-corrected chi connectivity index (χ4v) is 4.27. The van der Waals surface area contributed by atoms with Crippen molar-refractivity contribution in [1.82, 2.24) is 10.2 Å². The minimum atomic E-state index is -0.974. The minimum absolute atomic E-state index is 0.00820. The number of fused-ring (bicyclic) bond motifs is 1. The van der Waals surface area contributed by atoms with Crippen molar-refractivity contribution in [2.24, 2.45) is 0 Å². The number of benzene rings is 2. The van der Waals surface area contributed by atoms with Gasteiger partial charge in [-0.1, -0.05) is 35.9 Å². The van der Waals surface area contributed by atoms with E-state index in [0.29, 0.717) is 16.3 Å². The van der Waals surface area contributed by atoms with Crippen LogP contribution in [-0.4, -0.2) is 27.1 Å². The molecular weight excluding hydrogens is 376 g/mol. The summed E-state index contributed by atoms with van der Waals surface area (Å²) in [4.78, 5) is 24.5. The number of rotatable bonds is 4. The molecule has 0 bridgehead atoms. The third-order valence-electron chi connectivity index (χ3n) is 5.34. The number of H-pyrrole nitrogens is 1. The average molecular weight is 395 g/mol. The van der Waals surface area contributed by atoms with Crippen LogP contribution in [0.1, 0.15) is 56.3 Å². The van der Waals surface area contributed by atoms with E-state index in [-0.39, 0.29) is 17.3 Å². The van der Waals surface area contributed by atoms with Crippen LogP contribution in [0.5, 0.6) is 0 Å². The molecule has 1 unspecified atom stereocenters. The summed E-state index contributed by atoms with van der Waals surface area (Å²) in [5, 5.41) is 17.1. The first kappa shape index (κ1) is 18.4. The monoisotopic (exact) mass is 394 g/mol. The van der Waals surface area contributed by atoms with E-state index < -0.39 is 5.97 Å². The van der Waals surface area contributed by atoms with Gasteiger partial charge < -0.3 is 5.11 Å². The quantitative estimate of drug-likeness (QED) is 0.607. The van der Waals surface area contributed by atoms with Crippen molar-refractivity contribution in [3.05, 3.63) is 75.4 Å². The fourth-order valence-electron chi connectivity index (χ4n) is 3.95. The number of aromatic amines is 1. The van der Waals surface area contributed by atoms with Crippen molar-refractivity contribution in [3.63, 3.8) is 0 Å². The van der Waals surface area contributed by atoms with E-state index in [1.54, 1.807) is 30.3 Å². The number of ketones is 1. The molecule has 142 valence electrons. The van der Waals surface area contributed by atoms with Crippen LogP contribution >= 0.6 is 11.6 Å². The van der Waals surface area contributed by atoms with Crippen molar-refractivity contribution < 1.29 is 14.7 Å². The maximum absolute atomic E-state index is 13.4. The summed E-state index contributed by atoms with van der Waals surface area (Å²) >= 11 is 6.35. The maximum Gasteiger partial charge on any atom is 0.335 e. The summed E-state index contributed by atoms with van der Waals surface area (Å²) in [6.45, 7) is 1.89. The van der Waals surface area contributed by atoms with Crippen molar-refractivity contribution in [3.8, 4) is 11.3 Å². The second-order valence-electron chi connectivity index (χ2n) is 7.09. The SMILES string of the molecule is Cc1cccc(Cl)c1C(=O)C1CCCc2[nH]nc(-c3ccc(C(=O)O)cc3)c21. The number of Topliss-reactive ketones (excluding diaryl/α,β-unsaturated/α-hetero) is 1. The molecule has 1 aromatic heterocycles. The van der Waals surface area contributed by atoms with Crippen LogP contribution < -0.4 is 0 Å². The molecule has 2 N–H and O–H groups in total. The van der Waals surface area contributed by atoms with Crippen molar-refractivity contribution >= 4 is 23.4 Å². The summed E-state index contributed by atoms with van der Waals surface area (Å²) in [7, 11) is 0. The Morgan fingerprint density at radius 1 is 1.18 bits per heavy atom. The molecule has 0 radical (unpaired) electrons. The molecule has 6 heteroatoms. The number of aromatic carboxylic acids is 1. The molecule has 1 aliphatic rings. The molecule has 2 aromatic carbocycles. The highest BCUT2D eigenvalue weighted by molar-refractivity contribution is 6.34. The van der Waals surface area contributed by atoms with Crippen LogP contribution in [0, 0.1) is 6.92 Å². The molecule has 0 saturated carbocycles. The molecule has 0 fully saturated rings. The number of carboxylic acid groups (broad SMARTS) is 1. The number of aryl methyl sites for hydroxylation is 2. The molecule has 0 spiro atoms. The number of carbonyl (C=O) groups is 2. The largest absolute Gasteiger partial charge is 0.478 e. The highest BCUT2D eigenvalue weighted by atomic mass is 35.5. The Bertz CT molecular complexity index is 1050. The first-order chi connectivity index (χ1) is 13.5. The molecule has 1 heterocycles. The van der Waals surface area contributed by atoms with Crippen molar-refractivity contribution in [2.75, 3.05) is 0 Å². The first-order valence-corrected chi connectivity index (χ1v) is 9.55. The lowest BCUT2D eigenvalue weighted by Crippen LogP contribution is -2.20. The predicted octanol–water partition coefficient (Wildman–Crippen LogP) is 5.04. The Labute approximate surface area is 167 Å². The molecule has 28 heavy (non-hydrogen) atoms. The number of nitrogens with zero attached hydrogens (tertiary/aromatic N) is 1. The summed E-state index contributed by atoms with van der Waals surface area (Å²) in [5.41, 5.74) is 5.00. The number of carbonyl (C=O) groups excluding carboxylic acids is 1. The topological polar surface area (TPSA) is 83.0 Å². The van der Waals surface area contributed by atoms with Gasteiger partial charge in [-0.15, -0.1) is 0 Å². The predicted molar refractivity (Wildman–Crippen MR) is 107 cm³/mol. The smallest absolute Gasteiger partial charge is 0.335 e. The Kier molecular flexibility index (Phi) is 4.77. The van der Waals surface area contributed by atoms with Gasteiger partial charge in [0, 0.05) is 22.4 Å². The Balaban J connectivity index is 1.78. The van der Waals surface area contributed by atoms with Crippen LogP contribution in [0.4, 0.5) is 0 Å². The van der Waals surface area contributed by atoms with Crippen LogP contribution in [0.25, 0.3) is 11.3 Å². The Hall–Kier alpha value is -2.92. The lowest BCUT2D eigenvalue weighted by molar-refractivity contribution is 0.0696. The lowest BCUT2D eigenvalue weighted by atomic mass is 9.79. The average Bonchev–Trinajstić information content (AvgIpc) is 3.12. The number of aromatic nitrogens is 2. The first-order valence-electron chi connectivity index (χ1n) is 9.17. The number of nitrogens with one attached hydrogen (secondary N) is 1. The van der Waals surface area contributed by atoms with Crippen molar-refractivity contribution in [1.29, 1.82) is 0 Å². The number of halogens is 1. The molecule has 5 nitrogen and oxygen atoms in total. The van der Waals surface area contributed by atoms with Crippen LogP contribution in [0.2, 0.25) is 5.02 Å². The van der Waals surface area contributed by atoms with Gasteiger partial charge >= 0.3 is 5.97 Å². The summed E-state index contributed by atoms with van der Waals surface area (Å²) in [6, 6.07) is 12.0. The molecule has 0 saturated heterocycles. The van der Waals surface area contributed by atoms with Gasteiger partial charge in [0.1, 0.15) is 0 Å². The standard InChI is InChI=1S/C22H19ClN2O3/c1-12-4-2-6-16(23)18(12)21(26)15-5-3-7-17-19(15)20(25-24-17)13-8-10-14(11-9-13)22(27)28/h2,4,6,8-11,15H,3,5,7H2,1H3,(H,24,25)(H,27,28). The molecular formula is C22H19ClN2O3. The van der Waals surface area contributed by atoms with Gasteiger partial charge in [0.15, 0.2) is 5.78 Å². The van der Waals surface area contributed by atoms with Crippen LogP contribution in [-0.2, 0) is 6.42 Å². The van der Waals surface area contributed by atoms with Gasteiger partial charge in [-0.2, -0.15) is 5.10 Å². The number of hydrogen-bond donors (Lipinski definition) is 2. The second kappa shape index (κ2) is 7.24. The summed E-state index contributed by atoms with van der Waals surface area (Å²) in [6.07, 6.45) is 2.46. The zero-order chi connectivity index (χ0) is 19.8. The Morgan fingerprint density at radius 2 is 1.93 bits per heavy atom. The van der Waals surface area contributed by atoms with E-state index in [1.165, 1.54) is 0 Å². The van der Waals surface area contributed by atoms with Crippen molar-refractivity contribution in [2.45, 2.75) is 32.1 Å². The van der Waals surface area contributed by atoms with Crippen LogP contribution in [0.15, 0.2) is 42.5 Å². The highest BCUT2D eigenvalue weighted by Crippen LogP contribution is 2.40. The zero-order valence-corrected chi connectivity index (χ0v) is 16.1. The molecule has 0 aliphatic heterocycles. The lowest BCUT2D eigenvalue weighted by Gasteiger charge is -2.23. The van der Waals surface area contributed by atoms with E-state index in [0.717, 1.165) is 41.6 Å². The van der Waals surface area contributed by atoms with E-state index in [4.69, 9.17) is 16.7 Å². The fraction of sp³-hybridized carbons (Fsp3) is 0.227. The van der Waals surface area contributed by atoms with E-state index in [2.05, 4.69) is 10.2 Å². The van der Waals surface area contributed by atoms with E-state index >= 15 is 0 Å². The molecule has 3 aromatic rings. The van der Waals surface area contributed by atoms with Gasteiger partial charge in [0.25, 0.3) is 0 Å². The van der Waals surface area contributed by atoms with Gasteiger partial charge in [0.2, 0.25) is 0 Å². The highest BCUT2D eigenvalue weighted by Gasteiger charge is 2.33. The van der Waals surface area contributed by atoms with E-state index in [1.807, 2.05) is 19.1 Å². The minimum Gasteiger partial charge on any atom is -0.478 e. The summed E-state index contributed by atoms with van der Waals surface area (Å²) < 4.78 is 0. The third-order valence-corrected chi connectivity index (χ3v) is 5.66. The van der Waals surface area contributed by atoms with Crippen LogP contribution in [0.3, 0.4) is 0 Å².